The van der Waals surface area contributed by atoms with Gasteiger partial charge >= 0.3 is 0 Å². The first-order valence-corrected chi connectivity index (χ1v) is 6.69. The summed E-state index contributed by atoms with van der Waals surface area (Å²) in [4.78, 5) is 13.5. The second kappa shape index (κ2) is 4.42. The number of para-hydroxylation sites is 1. The van der Waals surface area contributed by atoms with Gasteiger partial charge in [0, 0.05) is 19.0 Å². The minimum absolute atomic E-state index is 0.199. The summed E-state index contributed by atoms with van der Waals surface area (Å²) < 4.78 is 0. The normalized spacial score (nSPS) is 29.5. The second-order valence-corrected chi connectivity index (χ2v) is 5.58. The fourth-order valence-corrected chi connectivity index (χ4v) is 3.48. The van der Waals surface area contributed by atoms with Gasteiger partial charge in [-0.25, -0.2) is 0 Å². The van der Waals surface area contributed by atoms with Crippen LogP contribution in [0.5, 0.6) is 0 Å². The van der Waals surface area contributed by atoms with Crippen LogP contribution in [0.15, 0.2) is 18.2 Å². The highest BCUT2D eigenvalue weighted by Gasteiger charge is 2.42. The van der Waals surface area contributed by atoms with Crippen molar-refractivity contribution < 1.29 is 9.90 Å². The van der Waals surface area contributed by atoms with Crippen LogP contribution >= 0.6 is 0 Å². The molecule has 1 amide bonds. The van der Waals surface area contributed by atoms with Crippen molar-refractivity contribution in [3.8, 4) is 0 Å². The molecule has 1 heterocycles. The monoisotopic (exact) mass is 261 g/mol. The number of aliphatic hydroxyl groups excluding tert-OH is 1. The number of fused-ring (bicyclic) bond motifs is 1. The number of carbonyl (C=O) groups is 1. The quantitative estimate of drug-likeness (QED) is 0.679. The molecular formula is C14H19N3O2. The lowest BCUT2D eigenvalue weighted by Crippen LogP contribution is -2.26. The maximum atomic E-state index is 11.3. The van der Waals surface area contributed by atoms with E-state index in [2.05, 4.69) is 4.90 Å². The molecule has 5 nitrogen and oxygen atoms in total. The lowest BCUT2D eigenvalue weighted by Gasteiger charge is -2.23. The Morgan fingerprint density at radius 1 is 1.32 bits per heavy atom. The van der Waals surface area contributed by atoms with E-state index < -0.39 is 5.91 Å². The van der Waals surface area contributed by atoms with Gasteiger partial charge in [-0.05, 0) is 30.9 Å². The highest BCUT2D eigenvalue weighted by atomic mass is 16.3. The summed E-state index contributed by atoms with van der Waals surface area (Å²) in [5.41, 5.74) is 13.0. The van der Waals surface area contributed by atoms with Gasteiger partial charge in [-0.2, -0.15) is 0 Å². The number of rotatable bonds is 2. The summed E-state index contributed by atoms with van der Waals surface area (Å²) in [6, 6.07) is 5.36. The molecule has 1 saturated heterocycles. The fourth-order valence-electron chi connectivity index (χ4n) is 3.48. The van der Waals surface area contributed by atoms with Crippen LogP contribution in [0.1, 0.15) is 23.2 Å². The molecule has 19 heavy (non-hydrogen) atoms. The molecule has 0 radical (unpaired) electrons. The zero-order chi connectivity index (χ0) is 13.6. The Bertz CT molecular complexity index is 517. The van der Waals surface area contributed by atoms with Gasteiger partial charge in [0.25, 0.3) is 5.91 Å². The SMILES string of the molecule is NC(=O)c1cccc(N2CC3CCC(O)C3C2)c1N. The molecule has 0 bridgehead atoms. The third kappa shape index (κ3) is 1.94. The van der Waals surface area contributed by atoms with E-state index in [9.17, 15) is 9.90 Å². The van der Waals surface area contributed by atoms with E-state index in [0.717, 1.165) is 31.6 Å². The van der Waals surface area contributed by atoms with Crippen molar-refractivity contribution in [2.45, 2.75) is 18.9 Å². The summed E-state index contributed by atoms with van der Waals surface area (Å²) in [7, 11) is 0. The van der Waals surface area contributed by atoms with E-state index in [1.54, 1.807) is 12.1 Å². The van der Waals surface area contributed by atoms with Gasteiger partial charge in [-0.15, -0.1) is 0 Å². The maximum absolute atomic E-state index is 11.3. The van der Waals surface area contributed by atoms with E-state index in [1.165, 1.54) is 0 Å². The van der Waals surface area contributed by atoms with Crippen molar-refractivity contribution in [1.82, 2.24) is 0 Å². The standard InChI is InChI=1S/C14H19N3O2/c15-13-9(14(16)19)2-1-3-11(13)17-6-8-4-5-12(18)10(8)7-17/h1-3,8,10,12,18H,4-7,15H2,(H2,16,19). The zero-order valence-electron chi connectivity index (χ0n) is 10.7. The molecular weight excluding hydrogens is 242 g/mol. The minimum atomic E-state index is -0.501. The first-order valence-electron chi connectivity index (χ1n) is 6.69. The van der Waals surface area contributed by atoms with Crippen LogP contribution in [0.2, 0.25) is 0 Å². The zero-order valence-corrected chi connectivity index (χ0v) is 10.7. The number of carbonyl (C=O) groups excluding carboxylic acids is 1. The number of benzene rings is 1. The lowest BCUT2D eigenvalue weighted by molar-refractivity contribution is 0.100. The molecule has 1 aliphatic heterocycles. The van der Waals surface area contributed by atoms with E-state index in [-0.39, 0.29) is 6.10 Å². The molecule has 5 heteroatoms. The summed E-state index contributed by atoms with van der Waals surface area (Å²) in [5, 5.41) is 9.94. The molecule has 0 spiro atoms. The number of primary amides is 1. The fraction of sp³-hybridized carbons (Fsp3) is 0.500. The predicted octanol–water partition coefficient (Wildman–Crippen LogP) is 0.575. The van der Waals surface area contributed by atoms with Crippen LogP contribution in [0, 0.1) is 11.8 Å². The van der Waals surface area contributed by atoms with Crippen LogP contribution in [0.4, 0.5) is 11.4 Å². The Balaban J connectivity index is 1.88. The Labute approximate surface area is 112 Å². The number of nitrogens with two attached hydrogens (primary N) is 2. The van der Waals surface area contributed by atoms with Gasteiger partial charge in [-0.3, -0.25) is 4.79 Å². The van der Waals surface area contributed by atoms with Gasteiger partial charge < -0.3 is 21.5 Å². The van der Waals surface area contributed by atoms with E-state index in [0.29, 0.717) is 23.1 Å². The molecule has 2 aliphatic rings. The van der Waals surface area contributed by atoms with Crippen molar-refractivity contribution in [1.29, 1.82) is 0 Å². The van der Waals surface area contributed by atoms with Gasteiger partial charge in [0.2, 0.25) is 0 Å². The van der Waals surface area contributed by atoms with Crippen molar-refractivity contribution >= 4 is 17.3 Å². The van der Waals surface area contributed by atoms with Crippen LogP contribution in [0.3, 0.4) is 0 Å². The Kier molecular flexibility index (Phi) is 2.86. The summed E-state index contributed by atoms with van der Waals surface area (Å²) in [5.74, 6) is 0.363. The first-order chi connectivity index (χ1) is 9.08. The molecule has 3 rings (SSSR count). The van der Waals surface area contributed by atoms with Crippen LogP contribution < -0.4 is 16.4 Å². The van der Waals surface area contributed by atoms with Crippen LogP contribution in [-0.2, 0) is 0 Å². The number of aliphatic hydroxyl groups is 1. The summed E-state index contributed by atoms with van der Waals surface area (Å²) in [6.07, 6.45) is 1.77. The number of hydrogen-bond acceptors (Lipinski definition) is 4. The van der Waals surface area contributed by atoms with Crippen molar-refractivity contribution in [3.05, 3.63) is 23.8 Å². The second-order valence-electron chi connectivity index (χ2n) is 5.58. The number of anilines is 2. The van der Waals surface area contributed by atoms with Gasteiger partial charge in [0.15, 0.2) is 0 Å². The van der Waals surface area contributed by atoms with E-state index in [4.69, 9.17) is 11.5 Å². The van der Waals surface area contributed by atoms with Gasteiger partial charge in [0.1, 0.15) is 0 Å². The third-order valence-electron chi connectivity index (χ3n) is 4.51. The van der Waals surface area contributed by atoms with E-state index in [1.807, 2.05) is 6.07 Å². The maximum Gasteiger partial charge on any atom is 0.250 e. The molecule has 5 N–H and O–H groups in total. The van der Waals surface area contributed by atoms with Crippen LogP contribution in [-0.4, -0.2) is 30.2 Å². The Hall–Kier alpha value is -1.75. The lowest BCUT2D eigenvalue weighted by atomic mass is 10.00. The first kappa shape index (κ1) is 12.3. The minimum Gasteiger partial charge on any atom is -0.396 e. The molecule has 1 aromatic rings. The van der Waals surface area contributed by atoms with Crippen molar-refractivity contribution in [2.75, 3.05) is 23.7 Å². The van der Waals surface area contributed by atoms with Gasteiger partial charge in [-0.1, -0.05) is 6.07 Å². The van der Waals surface area contributed by atoms with Crippen molar-refractivity contribution in [3.63, 3.8) is 0 Å². The molecule has 1 aromatic carbocycles. The molecule has 0 aromatic heterocycles. The van der Waals surface area contributed by atoms with Crippen LogP contribution in [0.25, 0.3) is 0 Å². The molecule has 1 aliphatic carbocycles. The summed E-state index contributed by atoms with van der Waals surface area (Å²) in [6.45, 7) is 1.70. The predicted molar refractivity (Wildman–Crippen MR) is 73.8 cm³/mol. The molecule has 1 saturated carbocycles. The molecule has 3 unspecified atom stereocenters. The largest absolute Gasteiger partial charge is 0.396 e. The summed E-state index contributed by atoms with van der Waals surface area (Å²) >= 11 is 0. The Morgan fingerprint density at radius 3 is 2.79 bits per heavy atom. The van der Waals surface area contributed by atoms with Crippen molar-refractivity contribution in [2.24, 2.45) is 17.6 Å². The van der Waals surface area contributed by atoms with E-state index >= 15 is 0 Å². The number of nitrogens with zero attached hydrogens (tertiary/aromatic N) is 1. The van der Waals surface area contributed by atoms with Gasteiger partial charge in [0.05, 0.1) is 23.0 Å². The highest BCUT2D eigenvalue weighted by Crippen LogP contribution is 2.41. The Morgan fingerprint density at radius 2 is 2.11 bits per heavy atom. The smallest absolute Gasteiger partial charge is 0.250 e. The molecule has 102 valence electrons. The highest BCUT2D eigenvalue weighted by molar-refractivity contribution is 6.00. The molecule has 2 fully saturated rings. The topological polar surface area (TPSA) is 92.6 Å². The number of amides is 1. The number of nitrogen functional groups attached to an aromatic ring is 1. The average Bonchev–Trinajstić information content (AvgIpc) is 2.92. The average molecular weight is 261 g/mol. The third-order valence-corrected chi connectivity index (χ3v) is 4.51. The number of hydrogen-bond donors (Lipinski definition) is 3. The molecule has 3 atom stereocenters.